The highest BCUT2D eigenvalue weighted by Crippen LogP contribution is 2.33. The van der Waals surface area contributed by atoms with Crippen LogP contribution in [0.1, 0.15) is 13.8 Å². The number of halogens is 2. The van der Waals surface area contributed by atoms with Gasteiger partial charge in [-0.25, -0.2) is 13.6 Å². The van der Waals surface area contributed by atoms with Gasteiger partial charge in [0.2, 0.25) is 10.0 Å². The van der Waals surface area contributed by atoms with Crippen LogP contribution in [-0.4, -0.2) is 26.9 Å². The van der Waals surface area contributed by atoms with Gasteiger partial charge in [-0.15, -0.1) is 0 Å². The molecule has 0 aliphatic heterocycles. The van der Waals surface area contributed by atoms with Crippen LogP contribution in [0.2, 0.25) is 10.0 Å². The number of hydrogen-bond acceptors (Lipinski definition) is 5. The number of rotatable bonds is 5. The second-order valence-corrected chi connectivity index (χ2v) is 6.99. The Kier molecular flexibility index (Phi) is 6.18. The molecule has 0 fully saturated rings. The Bertz CT molecular complexity index is 680. The minimum Gasteiger partial charge on any atom is -0.455 e. The Morgan fingerprint density at radius 3 is 2.18 bits per heavy atom. The highest BCUT2D eigenvalue weighted by atomic mass is 35.5. The molecule has 22 heavy (non-hydrogen) atoms. The number of benzene rings is 1. The zero-order valence-corrected chi connectivity index (χ0v) is 14.1. The first-order valence-corrected chi connectivity index (χ1v) is 8.31. The maximum atomic E-state index is 11.7. The summed E-state index contributed by atoms with van der Waals surface area (Å²) in [6.07, 6.45) is 0. The Morgan fingerprint density at radius 2 is 1.77 bits per heavy atom. The molecular weight excluding hydrogens is 355 g/mol. The molecule has 0 aliphatic carbocycles. The molecule has 1 aromatic rings. The van der Waals surface area contributed by atoms with Gasteiger partial charge < -0.3 is 10.1 Å². The summed E-state index contributed by atoms with van der Waals surface area (Å²) in [5.41, 5.74) is 0.00123. The molecule has 0 saturated heterocycles. The predicted molar refractivity (Wildman–Crippen MR) is 82.3 cm³/mol. The van der Waals surface area contributed by atoms with Crippen molar-refractivity contribution in [3.63, 3.8) is 0 Å². The van der Waals surface area contributed by atoms with Crippen LogP contribution in [-0.2, 0) is 24.3 Å². The number of hydrogen-bond donors (Lipinski definition) is 2. The van der Waals surface area contributed by atoms with E-state index in [-0.39, 0.29) is 26.5 Å². The van der Waals surface area contributed by atoms with Gasteiger partial charge in [-0.3, -0.25) is 9.59 Å². The predicted octanol–water partition coefficient (Wildman–Crippen LogP) is 1.78. The fourth-order valence-electron chi connectivity index (χ4n) is 1.31. The topological polar surface area (TPSA) is 116 Å². The molecule has 1 amide bonds. The van der Waals surface area contributed by atoms with Crippen molar-refractivity contribution in [3.8, 4) is 0 Å². The molecule has 0 atom stereocenters. The second-order valence-electron chi connectivity index (χ2n) is 4.62. The van der Waals surface area contributed by atoms with Crippen molar-refractivity contribution in [2.24, 2.45) is 11.1 Å². The third-order valence-electron chi connectivity index (χ3n) is 2.43. The van der Waals surface area contributed by atoms with Gasteiger partial charge in [-0.2, -0.15) is 0 Å². The molecular formula is C12H14Cl2N2O5S. The van der Waals surface area contributed by atoms with Gasteiger partial charge >= 0.3 is 5.97 Å². The van der Waals surface area contributed by atoms with E-state index >= 15 is 0 Å². The number of primary sulfonamides is 1. The summed E-state index contributed by atoms with van der Waals surface area (Å²) in [7, 11) is -3.97. The first-order valence-electron chi connectivity index (χ1n) is 6.00. The van der Waals surface area contributed by atoms with Crippen LogP contribution in [0.4, 0.5) is 5.69 Å². The van der Waals surface area contributed by atoms with Crippen molar-refractivity contribution in [1.29, 1.82) is 0 Å². The zero-order chi connectivity index (χ0) is 17.1. The number of esters is 1. The van der Waals surface area contributed by atoms with Gasteiger partial charge in [-0.05, 0) is 12.1 Å². The number of amides is 1. The Morgan fingerprint density at radius 1 is 1.27 bits per heavy atom. The lowest BCUT2D eigenvalue weighted by molar-refractivity contribution is -0.150. The molecule has 1 aromatic carbocycles. The fraction of sp³-hybridized carbons (Fsp3) is 0.333. The molecule has 0 heterocycles. The van der Waals surface area contributed by atoms with E-state index in [9.17, 15) is 18.0 Å². The minimum absolute atomic E-state index is 0.00123. The van der Waals surface area contributed by atoms with Gasteiger partial charge in [0, 0.05) is 0 Å². The molecule has 1 rings (SSSR count). The lowest BCUT2D eigenvalue weighted by Gasteiger charge is -2.11. The Balaban J connectivity index is 2.86. The minimum atomic E-state index is -3.97. The van der Waals surface area contributed by atoms with E-state index < -0.39 is 28.5 Å². The van der Waals surface area contributed by atoms with Crippen molar-refractivity contribution >= 4 is 50.8 Å². The second kappa shape index (κ2) is 7.28. The van der Waals surface area contributed by atoms with Crippen LogP contribution in [0.25, 0.3) is 0 Å². The maximum Gasteiger partial charge on any atom is 0.308 e. The molecule has 0 saturated carbocycles. The van der Waals surface area contributed by atoms with Crippen molar-refractivity contribution in [2.45, 2.75) is 18.7 Å². The summed E-state index contributed by atoms with van der Waals surface area (Å²) in [6.45, 7) is 2.74. The van der Waals surface area contributed by atoms with Gasteiger partial charge in [0.25, 0.3) is 5.91 Å². The zero-order valence-electron chi connectivity index (χ0n) is 11.7. The van der Waals surface area contributed by atoms with Crippen LogP contribution in [0, 0.1) is 5.92 Å². The monoisotopic (exact) mass is 368 g/mol. The SMILES string of the molecule is CC(C)C(=O)OCC(=O)Nc1c(Cl)cc(S(N)(=O)=O)cc1Cl. The quantitative estimate of drug-likeness (QED) is 0.768. The summed E-state index contributed by atoms with van der Waals surface area (Å²) >= 11 is 11.7. The summed E-state index contributed by atoms with van der Waals surface area (Å²) in [5.74, 6) is -1.56. The first-order chi connectivity index (χ1) is 10.0. The lowest BCUT2D eigenvalue weighted by atomic mass is 10.2. The number of anilines is 1. The highest BCUT2D eigenvalue weighted by molar-refractivity contribution is 7.89. The van der Waals surface area contributed by atoms with E-state index in [0.717, 1.165) is 12.1 Å². The summed E-state index contributed by atoms with van der Waals surface area (Å²) < 4.78 is 27.2. The molecule has 0 radical (unpaired) electrons. The average Bonchev–Trinajstić information content (AvgIpc) is 2.38. The number of nitrogens with two attached hydrogens (primary N) is 1. The molecule has 122 valence electrons. The lowest BCUT2D eigenvalue weighted by Crippen LogP contribution is -2.23. The van der Waals surface area contributed by atoms with Crippen molar-refractivity contribution in [3.05, 3.63) is 22.2 Å². The van der Waals surface area contributed by atoms with Crippen LogP contribution in [0.15, 0.2) is 17.0 Å². The largest absolute Gasteiger partial charge is 0.455 e. The molecule has 0 unspecified atom stereocenters. The fourth-order valence-corrected chi connectivity index (χ4v) is 2.59. The third-order valence-corrected chi connectivity index (χ3v) is 3.91. The molecule has 0 aliphatic rings. The van der Waals surface area contributed by atoms with Crippen molar-refractivity contribution < 1.29 is 22.7 Å². The highest BCUT2D eigenvalue weighted by Gasteiger charge is 2.17. The molecule has 7 nitrogen and oxygen atoms in total. The van der Waals surface area contributed by atoms with Crippen molar-refractivity contribution in [2.75, 3.05) is 11.9 Å². The summed E-state index contributed by atoms with van der Waals surface area (Å²) in [5, 5.41) is 7.08. The number of sulfonamides is 1. The number of nitrogens with one attached hydrogen (secondary N) is 1. The van der Waals surface area contributed by atoms with Gasteiger partial charge in [0.05, 0.1) is 26.5 Å². The smallest absolute Gasteiger partial charge is 0.308 e. The molecule has 0 spiro atoms. The van der Waals surface area contributed by atoms with Crippen LogP contribution in [0.5, 0.6) is 0 Å². The Labute approximate surface area is 137 Å². The standard InChI is InChI=1S/C12H14Cl2N2O5S/c1-6(2)12(18)21-5-10(17)16-11-8(13)3-7(4-9(11)14)22(15,19)20/h3-4,6H,5H2,1-2H3,(H,16,17)(H2,15,19,20). The number of carbonyl (C=O) groups excluding carboxylic acids is 2. The Hall–Kier alpha value is -1.35. The number of ether oxygens (including phenoxy) is 1. The first kappa shape index (κ1) is 18.7. The number of carbonyl (C=O) groups is 2. The molecule has 10 heteroatoms. The van der Waals surface area contributed by atoms with Crippen molar-refractivity contribution in [1.82, 2.24) is 0 Å². The van der Waals surface area contributed by atoms with E-state index in [1.165, 1.54) is 0 Å². The van der Waals surface area contributed by atoms with E-state index in [1.54, 1.807) is 13.8 Å². The van der Waals surface area contributed by atoms with Gasteiger partial charge in [0.15, 0.2) is 6.61 Å². The molecule has 0 bridgehead atoms. The van der Waals surface area contributed by atoms with E-state index in [4.69, 9.17) is 33.1 Å². The molecule has 3 N–H and O–H groups in total. The van der Waals surface area contributed by atoms with Crippen LogP contribution in [0.3, 0.4) is 0 Å². The summed E-state index contributed by atoms with van der Waals surface area (Å²) in [6, 6.07) is 2.11. The third kappa shape index (κ3) is 5.13. The van der Waals surface area contributed by atoms with E-state index in [0.29, 0.717) is 0 Å². The van der Waals surface area contributed by atoms with Crippen LogP contribution >= 0.6 is 23.2 Å². The molecule has 0 aromatic heterocycles. The van der Waals surface area contributed by atoms with Gasteiger partial charge in [0.1, 0.15) is 0 Å². The summed E-state index contributed by atoms with van der Waals surface area (Å²) in [4.78, 5) is 22.6. The maximum absolute atomic E-state index is 11.7. The van der Waals surface area contributed by atoms with E-state index in [2.05, 4.69) is 5.32 Å². The van der Waals surface area contributed by atoms with Crippen LogP contribution < -0.4 is 10.5 Å². The average molecular weight is 369 g/mol. The normalized spacial score (nSPS) is 11.4. The van der Waals surface area contributed by atoms with Gasteiger partial charge in [-0.1, -0.05) is 37.0 Å². The van der Waals surface area contributed by atoms with E-state index in [1.807, 2.05) is 0 Å².